The van der Waals surface area contributed by atoms with Gasteiger partial charge in [-0.3, -0.25) is 0 Å². The lowest BCUT2D eigenvalue weighted by Gasteiger charge is -2.08. The quantitative estimate of drug-likeness (QED) is 0.622. The summed E-state index contributed by atoms with van der Waals surface area (Å²) in [6.45, 7) is 5.55. The van der Waals surface area contributed by atoms with E-state index in [0.717, 1.165) is 23.4 Å². The summed E-state index contributed by atoms with van der Waals surface area (Å²) in [5.41, 5.74) is 6.20. The number of anilines is 2. The van der Waals surface area contributed by atoms with E-state index in [1.807, 2.05) is 6.26 Å². The lowest BCUT2D eigenvalue weighted by atomic mass is 10.1. The largest absolute Gasteiger partial charge is 0.383 e. The highest BCUT2D eigenvalue weighted by Gasteiger charge is 2.44. The van der Waals surface area contributed by atoms with Crippen molar-refractivity contribution in [2.75, 3.05) is 23.9 Å². The van der Waals surface area contributed by atoms with Crippen LogP contribution in [0.4, 0.5) is 11.6 Å². The molecule has 1 atom stereocenters. The van der Waals surface area contributed by atoms with Crippen LogP contribution in [0.15, 0.2) is 11.2 Å². The molecule has 1 unspecified atom stereocenters. The van der Waals surface area contributed by atoms with E-state index in [2.05, 4.69) is 29.1 Å². The van der Waals surface area contributed by atoms with Crippen LogP contribution in [0.3, 0.4) is 0 Å². The van der Waals surface area contributed by atoms with Crippen molar-refractivity contribution in [1.82, 2.24) is 9.97 Å². The number of hydrogen-bond acceptors (Lipinski definition) is 5. The molecule has 1 aromatic heterocycles. The molecule has 2 rings (SSSR count). The summed E-state index contributed by atoms with van der Waals surface area (Å²) in [6, 6.07) is 1.79. The molecule has 1 fully saturated rings. The van der Waals surface area contributed by atoms with Gasteiger partial charge in [0.05, 0.1) is 0 Å². The molecule has 0 bridgehead atoms. The van der Waals surface area contributed by atoms with Gasteiger partial charge in [-0.1, -0.05) is 25.6 Å². The number of nitrogens with one attached hydrogen (secondary N) is 1. The number of aromatic nitrogens is 2. The van der Waals surface area contributed by atoms with Gasteiger partial charge in [0.15, 0.2) is 5.16 Å². The third kappa shape index (κ3) is 2.58. The first-order valence-corrected chi connectivity index (χ1v) is 6.66. The topological polar surface area (TPSA) is 63.8 Å². The van der Waals surface area contributed by atoms with Crippen LogP contribution >= 0.6 is 11.8 Å². The van der Waals surface area contributed by atoms with Gasteiger partial charge in [-0.15, -0.1) is 0 Å². The first-order valence-electron chi connectivity index (χ1n) is 5.44. The molecular formula is C11H18N4S. The minimum Gasteiger partial charge on any atom is -0.383 e. The predicted molar refractivity (Wildman–Crippen MR) is 68.6 cm³/mol. The molecule has 1 heterocycles. The van der Waals surface area contributed by atoms with Crippen molar-refractivity contribution in [3.63, 3.8) is 0 Å². The van der Waals surface area contributed by atoms with Gasteiger partial charge in [-0.2, -0.15) is 0 Å². The molecule has 0 amide bonds. The summed E-state index contributed by atoms with van der Waals surface area (Å²) in [5, 5.41) is 4.05. The summed E-state index contributed by atoms with van der Waals surface area (Å²) in [6.07, 6.45) is 3.23. The minimum atomic E-state index is 0.494. The standard InChI is InChI=1S/C11H18N4S/c1-11(2)5-7(11)6-13-9-4-8(12)14-10(15-9)16-3/h4,7H,5-6H2,1-3H3,(H3,12,13,14,15). The molecule has 0 spiro atoms. The second-order valence-corrected chi connectivity index (χ2v) is 5.71. The molecule has 5 heteroatoms. The molecule has 3 N–H and O–H groups in total. The van der Waals surface area contributed by atoms with Crippen molar-refractivity contribution in [2.24, 2.45) is 11.3 Å². The van der Waals surface area contributed by atoms with Crippen LogP contribution in [0.2, 0.25) is 0 Å². The highest BCUT2D eigenvalue weighted by Crippen LogP contribution is 2.51. The molecule has 0 aromatic carbocycles. The van der Waals surface area contributed by atoms with Gasteiger partial charge in [-0.25, -0.2) is 9.97 Å². The number of nitrogen functional groups attached to an aromatic ring is 1. The maximum absolute atomic E-state index is 5.71. The highest BCUT2D eigenvalue weighted by atomic mass is 32.2. The first-order chi connectivity index (χ1) is 7.51. The number of thioether (sulfide) groups is 1. The number of hydrogen-bond donors (Lipinski definition) is 2. The van der Waals surface area contributed by atoms with Crippen molar-refractivity contribution in [3.8, 4) is 0 Å². The second-order valence-electron chi connectivity index (χ2n) is 4.94. The zero-order valence-electron chi connectivity index (χ0n) is 9.95. The summed E-state index contributed by atoms with van der Waals surface area (Å²) in [7, 11) is 0. The molecule has 0 aliphatic heterocycles. The maximum Gasteiger partial charge on any atom is 0.191 e. The summed E-state index contributed by atoms with van der Waals surface area (Å²) in [5.74, 6) is 2.11. The summed E-state index contributed by atoms with van der Waals surface area (Å²) in [4.78, 5) is 8.47. The van der Waals surface area contributed by atoms with Gasteiger partial charge in [0, 0.05) is 12.6 Å². The first kappa shape index (κ1) is 11.5. The highest BCUT2D eigenvalue weighted by molar-refractivity contribution is 7.98. The van der Waals surface area contributed by atoms with Crippen LogP contribution in [0, 0.1) is 11.3 Å². The number of rotatable bonds is 4. The van der Waals surface area contributed by atoms with E-state index in [4.69, 9.17) is 5.73 Å². The minimum absolute atomic E-state index is 0.494. The lowest BCUT2D eigenvalue weighted by molar-refractivity contribution is 0.572. The van der Waals surface area contributed by atoms with Crippen molar-refractivity contribution in [1.29, 1.82) is 0 Å². The Hall–Kier alpha value is -0.970. The van der Waals surface area contributed by atoms with Crippen molar-refractivity contribution < 1.29 is 0 Å². The molecule has 1 aromatic rings. The Bertz CT molecular complexity index is 392. The molecule has 4 nitrogen and oxygen atoms in total. The fraction of sp³-hybridized carbons (Fsp3) is 0.636. The molecule has 16 heavy (non-hydrogen) atoms. The molecule has 1 aliphatic rings. The summed E-state index contributed by atoms with van der Waals surface area (Å²) < 4.78 is 0. The van der Waals surface area contributed by atoms with Gasteiger partial charge < -0.3 is 11.1 Å². The zero-order valence-corrected chi connectivity index (χ0v) is 10.8. The molecule has 1 aliphatic carbocycles. The van der Waals surface area contributed by atoms with Gasteiger partial charge in [-0.05, 0) is 24.0 Å². The number of nitrogens with two attached hydrogens (primary N) is 1. The predicted octanol–water partition coefficient (Wildman–Crippen LogP) is 2.24. The number of nitrogens with zero attached hydrogens (tertiary/aromatic N) is 2. The average molecular weight is 238 g/mol. The Morgan fingerprint density at radius 1 is 1.56 bits per heavy atom. The van der Waals surface area contributed by atoms with E-state index < -0.39 is 0 Å². The zero-order chi connectivity index (χ0) is 11.8. The van der Waals surface area contributed by atoms with Crippen LogP contribution in [0.1, 0.15) is 20.3 Å². The van der Waals surface area contributed by atoms with Crippen molar-refractivity contribution >= 4 is 23.4 Å². The van der Waals surface area contributed by atoms with Gasteiger partial charge in [0.25, 0.3) is 0 Å². The molecule has 0 radical (unpaired) electrons. The Labute approximate surface area is 100 Å². The van der Waals surface area contributed by atoms with E-state index in [9.17, 15) is 0 Å². The van der Waals surface area contributed by atoms with Crippen LogP contribution < -0.4 is 11.1 Å². The smallest absolute Gasteiger partial charge is 0.191 e. The van der Waals surface area contributed by atoms with Gasteiger partial charge >= 0.3 is 0 Å². The summed E-state index contributed by atoms with van der Waals surface area (Å²) >= 11 is 1.50. The van der Waals surface area contributed by atoms with Crippen LogP contribution in [-0.4, -0.2) is 22.8 Å². The Morgan fingerprint density at radius 3 is 2.81 bits per heavy atom. The van der Waals surface area contributed by atoms with Crippen molar-refractivity contribution in [3.05, 3.63) is 6.07 Å². The van der Waals surface area contributed by atoms with E-state index in [1.165, 1.54) is 18.2 Å². The van der Waals surface area contributed by atoms with E-state index >= 15 is 0 Å². The lowest BCUT2D eigenvalue weighted by Crippen LogP contribution is -2.09. The van der Waals surface area contributed by atoms with Gasteiger partial charge in [0.1, 0.15) is 11.6 Å². The van der Waals surface area contributed by atoms with Crippen molar-refractivity contribution in [2.45, 2.75) is 25.4 Å². The van der Waals surface area contributed by atoms with Gasteiger partial charge in [0.2, 0.25) is 0 Å². The SMILES string of the molecule is CSc1nc(N)cc(NCC2CC2(C)C)n1. The monoisotopic (exact) mass is 238 g/mol. The van der Waals surface area contributed by atoms with Crippen LogP contribution in [0.25, 0.3) is 0 Å². The molecule has 1 saturated carbocycles. The fourth-order valence-corrected chi connectivity index (χ4v) is 2.16. The molecule has 0 saturated heterocycles. The molecular weight excluding hydrogens is 220 g/mol. The van der Waals surface area contributed by atoms with E-state index in [1.54, 1.807) is 6.07 Å². The normalized spacial score (nSPS) is 21.8. The Kier molecular flexibility index (Phi) is 2.97. The third-order valence-electron chi connectivity index (χ3n) is 3.16. The fourth-order valence-electron chi connectivity index (χ4n) is 1.78. The Balaban J connectivity index is 1.96. The van der Waals surface area contributed by atoms with Crippen LogP contribution in [0.5, 0.6) is 0 Å². The second kappa shape index (κ2) is 4.13. The van der Waals surface area contributed by atoms with E-state index in [0.29, 0.717) is 11.2 Å². The maximum atomic E-state index is 5.71. The third-order valence-corrected chi connectivity index (χ3v) is 3.70. The Morgan fingerprint density at radius 2 is 2.25 bits per heavy atom. The van der Waals surface area contributed by atoms with Crippen LogP contribution in [-0.2, 0) is 0 Å². The van der Waals surface area contributed by atoms with E-state index in [-0.39, 0.29) is 0 Å². The molecule has 88 valence electrons. The average Bonchev–Trinajstić information content (AvgIpc) is 2.83.